The molecule has 0 saturated heterocycles. The van der Waals surface area contributed by atoms with Crippen LogP contribution in [0, 0.1) is 0 Å². The van der Waals surface area contributed by atoms with Crippen molar-refractivity contribution in [3.05, 3.63) is 29.3 Å². The van der Waals surface area contributed by atoms with Crippen molar-refractivity contribution in [2.75, 3.05) is 25.4 Å². The summed E-state index contributed by atoms with van der Waals surface area (Å²) in [5, 5.41) is 0. The van der Waals surface area contributed by atoms with Gasteiger partial charge in [-0.15, -0.1) is 0 Å². The highest BCUT2D eigenvalue weighted by Crippen LogP contribution is 2.31. The van der Waals surface area contributed by atoms with Gasteiger partial charge in [-0.2, -0.15) is 0 Å². The molecule has 0 aromatic heterocycles. The number of nitrogens with two attached hydrogens (primary N) is 2. The lowest BCUT2D eigenvalue weighted by Crippen LogP contribution is -2.36. The molecule has 1 heterocycles. The zero-order valence-corrected chi connectivity index (χ0v) is 9.24. The van der Waals surface area contributed by atoms with Crippen molar-refractivity contribution in [3.8, 4) is 0 Å². The minimum absolute atomic E-state index is 0.515. The van der Waals surface area contributed by atoms with Gasteiger partial charge < -0.3 is 11.5 Å². The minimum atomic E-state index is 0.515. The number of benzene rings is 1. The topological polar surface area (TPSA) is 55.3 Å². The Kier molecular flexibility index (Phi) is 2.93. The summed E-state index contributed by atoms with van der Waals surface area (Å²) in [6.07, 6.45) is 0. The Bertz CT molecular complexity index is 349. The number of nitrogens with zero attached hydrogens (tertiary/aromatic N) is 1. The molecule has 0 spiro atoms. The third-order valence-electron chi connectivity index (χ3n) is 3.09. The van der Waals surface area contributed by atoms with Crippen molar-refractivity contribution in [1.82, 2.24) is 4.90 Å². The number of hydrogen-bond acceptors (Lipinski definition) is 3. The first-order chi connectivity index (χ1) is 7.22. The SMILES string of the molecule is CC1CN(CCN)Cc2cccc(N)c21. The molecule has 0 saturated carbocycles. The fourth-order valence-electron chi connectivity index (χ4n) is 2.51. The Hall–Kier alpha value is -1.06. The van der Waals surface area contributed by atoms with Crippen LogP contribution in [0.4, 0.5) is 5.69 Å². The largest absolute Gasteiger partial charge is 0.398 e. The van der Waals surface area contributed by atoms with Gasteiger partial charge >= 0.3 is 0 Å². The Morgan fingerprint density at radius 2 is 2.27 bits per heavy atom. The van der Waals surface area contributed by atoms with Crippen molar-refractivity contribution in [2.45, 2.75) is 19.4 Å². The van der Waals surface area contributed by atoms with Crippen LogP contribution in [0.1, 0.15) is 24.0 Å². The maximum atomic E-state index is 6.01. The van der Waals surface area contributed by atoms with E-state index >= 15 is 0 Å². The first-order valence-corrected chi connectivity index (χ1v) is 5.52. The highest BCUT2D eigenvalue weighted by atomic mass is 15.1. The summed E-state index contributed by atoms with van der Waals surface area (Å²) >= 11 is 0. The van der Waals surface area contributed by atoms with E-state index in [2.05, 4.69) is 17.9 Å². The molecular weight excluding hydrogens is 186 g/mol. The lowest BCUT2D eigenvalue weighted by atomic mass is 9.90. The first kappa shape index (κ1) is 10.5. The van der Waals surface area contributed by atoms with Crippen molar-refractivity contribution < 1.29 is 0 Å². The van der Waals surface area contributed by atoms with Gasteiger partial charge in [-0.3, -0.25) is 4.90 Å². The quantitative estimate of drug-likeness (QED) is 0.712. The summed E-state index contributed by atoms with van der Waals surface area (Å²) in [7, 11) is 0. The van der Waals surface area contributed by atoms with E-state index in [1.165, 1.54) is 11.1 Å². The average molecular weight is 205 g/mol. The number of fused-ring (bicyclic) bond motifs is 1. The van der Waals surface area contributed by atoms with Gasteiger partial charge in [-0.1, -0.05) is 19.1 Å². The van der Waals surface area contributed by atoms with Crippen molar-refractivity contribution in [1.29, 1.82) is 0 Å². The summed E-state index contributed by atoms with van der Waals surface area (Å²) in [5.41, 5.74) is 15.2. The second-order valence-corrected chi connectivity index (χ2v) is 4.34. The first-order valence-electron chi connectivity index (χ1n) is 5.52. The summed E-state index contributed by atoms with van der Waals surface area (Å²) < 4.78 is 0. The fourth-order valence-corrected chi connectivity index (χ4v) is 2.51. The van der Waals surface area contributed by atoms with Gasteiger partial charge in [0.25, 0.3) is 0 Å². The van der Waals surface area contributed by atoms with E-state index in [0.29, 0.717) is 5.92 Å². The molecule has 3 heteroatoms. The molecule has 3 nitrogen and oxygen atoms in total. The lowest BCUT2D eigenvalue weighted by Gasteiger charge is -2.33. The van der Waals surface area contributed by atoms with Gasteiger partial charge in [0, 0.05) is 31.9 Å². The minimum Gasteiger partial charge on any atom is -0.398 e. The monoisotopic (exact) mass is 205 g/mol. The highest BCUT2D eigenvalue weighted by Gasteiger charge is 2.22. The molecule has 1 aromatic carbocycles. The predicted molar refractivity (Wildman–Crippen MR) is 63.6 cm³/mol. The Labute approximate surface area is 91.1 Å². The third-order valence-corrected chi connectivity index (χ3v) is 3.09. The zero-order chi connectivity index (χ0) is 10.8. The molecule has 0 fully saturated rings. The zero-order valence-electron chi connectivity index (χ0n) is 9.24. The van der Waals surface area contributed by atoms with E-state index in [4.69, 9.17) is 11.5 Å². The number of nitrogen functional groups attached to an aromatic ring is 1. The van der Waals surface area contributed by atoms with Crippen LogP contribution in [-0.4, -0.2) is 24.5 Å². The maximum Gasteiger partial charge on any atom is 0.0353 e. The summed E-state index contributed by atoms with van der Waals surface area (Å²) in [6.45, 7) is 5.99. The molecule has 15 heavy (non-hydrogen) atoms. The number of anilines is 1. The third kappa shape index (κ3) is 1.98. The van der Waals surface area contributed by atoms with E-state index in [0.717, 1.165) is 31.9 Å². The molecule has 0 amide bonds. The standard InChI is InChI=1S/C12H19N3/c1-9-7-15(6-5-13)8-10-3-2-4-11(14)12(9)10/h2-4,9H,5-8,13-14H2,1H3. The smallest absolute Gasteiger partial charge is 0.0353 e. The van der Waals surface area contributed by atoms with Gasteiger partial charge in [0.1, 0.15) is 0 Å². The maximum absolute atomic E-state index is 6.01. The normalized spacial score (nSPS) is 21.3. The van der Waals surface area contributed by atoms with Gasteiger partial charge in [0.05, 0.1) is 0 Å². The fraction of sp³-hybridized carbons (Fsp3) is 0.500. The van der Waals surface area contributed by atoms with Gasteiger partial charge in [0.2, 0.25) is 0 Å². The molecule has 2 rings (SSSR count). The Morgan fingerprint density at radius 3 is 3.00 bits per heavy atom. The molecule has 0 aliphatic carbocycles. The Morgan fingerprint density at radius 1 is 1.47 bits per heavy atom. The molecule has 0 bridgehead atoms. The molecule has 1 aliphatic heterocycles. The van der Waals surface area contributed by atoms with Crippen LogP contribution in [0.2, 0.25) is 0 Å². The molecule has 1 atom stereocenters. The second-order valence-electron chi connectivity index (χ2n) is 4.34. The lowest BCUT2D eigenvalue weighted by molar-refractivity contribution is 0.242. The van der Waals surface area contributed by atoms with Crippen molar-refractivity contribution in [2.24, 2.45) is 5.73 Å². The molecule has 1 aromatic rings. The summed E-state index contributed by atoms with van der Waals surface area (Å²) in [5.74, 6) is 0.515. The van der Waals surface area contributed by atoms with Crippen molar-refractivity contribution >= 4 is 5.69 Å². The average Bonchev–Trinajstić information content (AvgIpc) is 2.17. The van der Waals surface area contributed by atoms with Crippen LogP contribution in [-0.2, 0) is 6.54 Å². The van der Waals surface area contributed by atoms with E-state index < -0.39 is 0 Å². The van der Waals surface area contributed by atoms with E-state index in [9.17, 15) is 0 Å². The number of rotatable bonds is 2. The van der Waals surface area contributed by atoms with E-state index in [-0.39, 0.29) is 0 Å². The Balaban J connectivity index is 2.28. The van der Waals surface area contributed by atoms with Crippen LogP contribution in [0.5, 0.6) is 0 Å². The molecule has 4 N–H and O–H groups in total. The highest BCUT2D eigenvalue weighted by molar-refractivity contribution is 5.53. The predicted octanol–water partition coefficient (Wildman–Crippen LogP) is 1.15. The molecule has 0 radical (unpaired) electrons. The van der Waals surface area contributed by atoms with Gasteiger partial charge in [-0.05, 0) is 23.1 Å². The summed E-state index contributed by atoms with van der Waals surface area (Å²) in [6, 6.07) is 6.20. The molecule has 82 valence electrons. The van der Waals surface area contributed by atoms with Gasteiger partial charge in [-0.25, -0.2) is 0 Å². The molecular formula is C12H19N3. The van der Waals surface area contributed by atoms with Crippen LogP contribution in [0.3, 0.4) is 0 Å². The van der Waals surface area contributed by atoms with Crippen LogP contribution in [0.15, 0.2) is 18.2 Å². The van der Waals surface area contributed by atoms with Crippen LogP contribution < -0.4 is 11.5 Å². The number of hydrogen-bond donors (Lipinski definition) is 2. The van der Waals surface area contributed by atoms with Crippen LogP contribution >= 0.6 is 0 Å². The van der Waals surface area contributed by atoms with Crippen LogP contribution in [0.25, 0.3) is 0 Å². The molecule has 1 aliphatic rings. The second kappa shape index (κ2) is 4.21. The summed E-state index contributed by atoms with van der Waals surface area (Å²) in [4.78, 5) is 2.40. The van der Waals surface area contributed by atoms with E-state index in [1.54, 1.807) is 0 Å². The van der Waals surface area contributed by atoms with Gasteiger partial charge in [0.15, 0.2) is 0 Å². The van der Waals surface area contributed by atoms with E-state index in [1.807, 2.05) is 12.1 Å². The van der Waals surface area contributed by atoms with Crippen molar-refractivity contribution in [3.63, 3.8) is 0 Å². The molecule has 1 unspecified atom stereocenters.